The standard InChI is InChI=1S/C11H5Cl2NO4S/c12-6-2-1-3-7(10(6)13)18-11(15)8-4-5-9(19-8)14(16)17/h1-5H. The molecule has 8 heteroatoms. The van der Waals surface area contributed by atoms with Gasteiger partial charge in [-0.05, 0) is 18.2 Å². The molecule has 0 spiro atoms. The van der Waals surface area contributed by atoms with Crippen LogP contribution in [0.3, 0.4) is 0 Å². The number of nitro groups is 1. The molecule has 0 aliphatic rings. The number of rotatable bonds is 3. The van der Waals surface area contributed by atoms with Gasteiger partial charge in [0, 0.05) is 6.07 Å². The fraction of sp³-hybridized carbons (Fsp3) is 0. The predicted molar refractivity (Wildman–Crippen MR) is 72.4 cm³/mol. The second-order valence-electron chi connectivity index (χ2n) is 3.34. The Morgan fingerprint density at radius 3 is 2.63 bits per heavy atom. The molecule has 0 unspecified atom stereocenters. The molecule has 2 aromatic rings. The molecule has 1 aromatic carbocycles. The summed E-state index contributed by atoms with van der Waals surface area (Å²) in [6, 6.07) is 7.17. The first-order valence-electron chi connectivity index (χ1n) is 4.89. The SMILES string of the molecule is O=C(Oc1cccc(Cl)c1Cl)c1ccc([N+](=O)[O-])s1. The van der Waals surface area contributed by atoms with Crippen LogP contribution in [0.1, 0.15) is 9.67 Å². The van der Waals surface area contributed by atoms with E-state index >= 15 is 0 Å². The van der Waals surface area contributed by atoms with Gasteiger partial charge in [0.15, 0.2) is 5.75 Å². The number of thiophene rings is 1. The normalized spacial score (nSPS) is 10.2. The topological polar surface area (TPSA) is 69.4 Å². The van der Waals surface area contributed by atoms with Crippen molar-refractivity contribution < 1.29 is 14.5 Å². The highest BCUT2D eigenvalue weighted by Crippen LogP contribution is 2.33. The average molecular weight is 318 g/mol. The van der Waals surface area contributed by atoms with E-state index in [0.29, 0.717) is 0 Å². The highest BCUT2D eigenvalue weighted by Gasteiger charge is 2.18. The molecule has 0 aliphatic carbocycles. The maximum atomic E-state index is 11.8. The lowest BCUT2D eigenvalue weighted by Gasteiger charge is -2.05. The zero-order valence-corrected chi connectivity index (χ0v) is 11.5. The van der Waals surface area contributed by atoms with E-state index in [1.165, 1.54) is 18.2 Å². The van der Waals surface area contributed by atoms with Gasteiger partial charge in [-0.25, -0.2) is 4.79 Å². The number of benzene rings is 1. The maximum absolute atomic E-state index is 11.8. The molecule has 0 saturated carbocycles. The summed E-state index contributed by atoms with van der Waals surface area (Å²) in [5.41, 5.74) is 0. The molecule has 0 amide bonds. The molecule has 19 heavy (non-hydrogen) atoms. The van der Waals surface area contributed by atoms with Crippen molar-refractivity contribution in [3.05, 3.63) is 55.4 Å². The lowest BCUT2D eigenvalue weighted by Crippen LogP contribution is -2.06. The van der Waals surface area contributed by atoms with Crippen LogP contribution in [0.5, 0.6) is 5.75 Å². The summed E-state index contributed by atoms with van der Waals surface area (Å²) in [5, 5.41) is 10.8. The minimum Gasteiger partial charge on any atom is -0.421 e. The lowest BCUT2D eigenvalue weighted by molar-refractivity contribution is -0.380. The van der Waals surface area contributed by atoms with Gasteiger partial charge in [-0.2, -0.15) is 0 Å². The van der Waals surface area contributed by atoms with E-state index in [2.05, 4.69) is 0 Å². The number of hydrogen-bond acceptors (Lipinski definition) is 5. The Balaban J connectivity index is 2.21. The number of halogens is 2. The number of hydrogen-bond donors (Lipinski definition) is 0. The molecule has 98 valence electrons. The van der Waals surface area contributed by atoms with Gasteiger partial charge in [0.25, 0.3) is 0 Å². The molecule has 0 aliphatic heterocycles. The lowest BCUT2D eigenvalue weighted by atomic mass is 10.3. The van der Waals surface area contributed by atoms with Crippen LogP contribution in [0.15, 0.2) is 30.3 Å². The summed E-state index contributed by atoms with van der Waals surface area (Å²) >= 11 is 12.4. The Morgan fingerprint density at radius 2 is 2.00 bits per heavy atom. The van der Waals surface area contributed by atoms with Gasteiger partial charge in [-0.1, -0.05) is 40.6 Å². The van der Waals surface area contributed by atoms with E-state index in [4.69, 9.17) is 27.9 Å². The van der Waals surface area contributed by atoms with E-state index in [-0.39, 0.29) is 25.7 Å². The monoisotopic (exact) mass is 317 g/mol. The zero-order valence-electron chi connectivity index (χ0n) is 9.13. The van der Waals surface area contributed by atoms with E-state index in [0.717, 1.165) is 11.3 Å². The Bertz CT molecular complexity index is 656. The molecular formula is C11H5Cl2NO4S. The van der Waals surface area contributed by atoms with Crippen LogP contribution in [0.25, 0.3) is 0 Å². The third kappa shape index (κ3) is 3.04. The van der Waals surface area contributed by atoms with Crippen molar-refractivity contribution in [3.63, 3.8) is 0 Å². The van der Waals surface area contributed by atoms with E-state index in [9.17, 15) is 14.9 Å². The quantitative estimate of drug-likeness (QED) is 0.368. The minimum absolute atomic E-state index is 0.107. The second-order valence-corrected chi connectivity index (χ2v) is 5.18. The maximum Gasteiger partial charge on any atom is 0.354 e. The van der Waals surface area contributed by atoms with Gasteiger partial charge >= 0.3 is 11.0 Å². The molecular weight excluding hydrogens is 313 g/mol. The van der Waals surface area contributed by atoms with Crippen molar-refractivity contribution in [2.75, 3.05) is 0 Å². The van der Waals surface area contributed by atoms with Crippen molar-refractivity contribution in [2.24, 2.45) is 0 Å². The van der Waals surface area contributed by atoms with Gasteiger partial charge in [0.1, 0.15) is 9.90 Å². The smallest absolute Gasteiger partial charge is 0.354 e. The number of carbonyl (C=O) groups excluding carboxylic acids is 1. The number of esters is 1. The van der Waals surface area contributed by atoms with Crippen LogP contribution in [-0.4, -0.2) is 10.9 Å². The first-order valence-corrected chi connectivity index (χ1v) is 6.46. The third-order valence-electron chi connectivity index (χ3n) is 2.09. The average Bonchev–Trinajstić information content (AvgIpc) is 2.84. The van der Waals surface area contributed by atoms with Gasteiger partial charge in [0.2, 0.25) is 0 Å². The van der Waals surface area contributed by atoms with Gasteiger partial charge < -0.3 is 4.74 Å². The van der Waals surface area contributed by atoms with E-state index in [1.54, 1.807) is 12.1 Å². The van der Waals surface area contributed by atoms with Crippen LogP contribution in [-0.2, 0) is 0 Å². The number of carbonyl (C=O) groups is 1. The largest absolute Gasteiger partial charge is 0.421 e. The molecule has 1 aromatic heterocycles. The van der Waals surface area contributed by atoms with Gasteiger partial charge in [-0.3, -0.25) is 10.1 Å². The Morgan fingerprint density at radius 1 is 1.26 bits per heavy atom. The fourth-order valence-electron chi connectivity index (χ4n) is 1.25. The first kappa shape index (κ1) is 13.8. The Hall–Kier alpha value is -1.63. The van der Waals surface area contributed by atoms with E-state index < -0.39 is 10.9 Å². The van der Waals surface area contributed by atoms with Crippen molar-refractivity contribution in [3.8, 4) is 5.75 Å². The summed E-state index contributed by atoms with van der Waals surface area (Å²) in [5.74, 6) is -0.613. The zero-order chi connectivity index (χ0) is 14.0. The molecule has 5 nitrogen and oxygen atoms in total. The Labute approximate surface area is 121 Å². The molecule has 1 heterocycles. The van der Waals surface area contributed by atoms with Crippen LogP contribution < -0.4 is 4.74 Å². The molecule has 0 saturated heterocycles. The molecule has 0 N–H and O–H groups in total. The summed E-state index contributed by atoms with van der Waals surface area (Å²) in [6.07, 6.45) is 0. The van der Waals surface area contributed by atoms with Crippen molar-refractivity contribution in [1.82, 2.24) is 0 Å². The minimum atomic E-state index is -0.720. The van der Waals surface area contributed by atoms with Crippen LogP contribution in [0, 0.1) is 10.1 Å². The van der Waals surface area contributed by atoms with Gasteiger partial charge in [0.05, 0.1) is 9.95 Å². The van der Waals surface area contributed by atoms with Crippen molar-refractivity contribution in [1.29, 1.82) is 0 Å². The summed E-state index contributed by atoms with van der Waals surface area (Å²) < 4.78 is 5.04. The van der Waals surface area contributed by atoms with Gasteiger partial charge in [-0.15, -0.1) is 0 Å². The molecule has 0 fully saturated rings. The van der Waals surface area contributed by atoms with Crippen LogP contribution in [0.2, 0.25) is 10.0 Å². The van der Waals surface area contributed by atoms with Crippen LogP contribution >= 0.6 is 34.5 Å². The highest BCUT2D eigenvalue weighted by atomic mass is 35.5. The van der Waals surface area contributed by atoms with Crippen LogP contribution in [0.4, 0.5) is 5.00 Å². The molecule has 2 rings (SSSR count). The molecule has 0 atom stereocenters. The highest BCUT2D eigenvalue weighted by molar-refractivity contribution is 7.17. The van der Waals surface area contributed by atoms with Crippen molar-refractivity contribution >= 4 is 45.5 Å². The Kier molecular flexibility index (Phi) is 4.04. The first-order chi connectivity index (χ1) is 8.99. The molecule has 0 radical (unpaired) electrons. The summed E-state index contributed by atoms with van der Waals surface area (Å²) in [7, 11) is 0. The molecule has 0 bridgehead atoms. The predicted octanol–water partition coefficient (Wildman–Crippen LogP) is 4.18. The second kappa shape index (κ2) is 5.56. The van der Waals surface area contributed by atoms with E-state index in [1.807, 2.05) is 0 Å². The number of ether oxygens (including phenoxy) is 1. The summed E-state index contributed by atoms with van der Waals surface area (Å²) in [4.78, 5) is 21.8. The van der Waals surface area contributed by atoms with Crippen molar-refractivity contribution in [2.45, 2.75) is 0 Å². The fourth-order valence-corrected chi connectivity index (χ4v) is 2.28. The summed E-state index contributed by atoms with van der Waals surface area (Å²) in [6.45, 7) is 0. The number of nitrogens with zero attached hydrogens (tertiary/aromatic N) is 1. The third-order valence-corrected chi connectivity index (χ3v) is 3.91.